The first kappa shape index (κ1) is 8.90. The van der Waals surface area contributed by atoms with Crippen molar-refractivity contribution in [3.8, 4) is 0 Å². The van der Waals surface area contributed by atoms with E-state index in [1.807, 2.05) is 0 Å². The standard InChI is InChI=1S/C7H13FO3/c1-7(2)10-4-6(11-7)5(9)3-8/h5-6,9H,3-4H2,1-2H3. The van der Waals surface area contributed by atoms with Crippen LogP contribution in [-0.2, 0) is 9.47 Å². The second kappa shape index (κ2) is 3.05. The van der Waals surface area contributed by atoms with E-state index in [2.05, 4.69) is 0 Å². The van der Waals surface area contributed by atoms with Crippen molar-refractivity contribution < 1.29 is 19.0 Å². The van der Waals surface area contributed by atoms with Crippen LogP contribution in [0.5, 0.6) is 0 Å². The van der Waals surface area contributed by atoms with Crippen molar-refractivity contribution in [1.29, 1.82) is 0 Å². The molecule has 1 fully saturated rings. The van der Waals surface area contributed by atoms with Gasteiger partial charge >= 0.3 is 0 Å². The van der Waals surface area contributed by atoms with Gasteiger partial charge in [-0.25, -0.2) is 4.39 Å². The number of halogens is 1. The van der Waals surface area contributed by atoms with Gasteiger partial charge in [-0.3, -0.25) is 0 Å². The molecule has 0 amide bonds. The third kappa shape index (κ3) is 2.12. The second-order valence-electron chi connectivity index (χ2n) is 3.09. The maximum atomic E-state index is 11.9. The molecule has 0 aliphatic carbocycles. The van der Waals surface area contributed by atoms with Crippen LogP contribution in [0.3, 0.4) is 0 Å². The SMILES string of the molecule is CC1(C)OCC(C(O)CF)O1. The van der Waals surface area contributed by atoms with Gasteiger partial charge in [0.25, 0.3) is 0 Å². The average Bonchev–Trinajstić information content (AvgIpc) is 2.29. The van der Waals surface area contributed by atoms with E-state index in [4.69, 9.17) is 14.6 Å². The van der Waals surface area contributed by atoms with Gasteiger partial charge in [0.2, 0.25) is 0 Å². The van der Waals surface area contributed by atoms with Crippen LogP contribution in [-0.4, -0.2) is 36.4 Å². The molecule has 4 heteroatoms. The fourth-order valence-electron chi connectivity index (χ4n) is 1.00. The van der Waals surface area contributed by atoms with Crippen LogP contribution in [0.4, 0.5) is 4.39 Å². The monoisotopic (exact) mass is 164 g/mol. The van der Waals surface area contributed by atoms with Crippen LogP contribution < -0.4 is 0 Å². The van der Waals surface area contributed by atoms with Crippen LogP contribution >= 0.6 is 0 Å². The van der Waals surface area contributed by atoms with Gasteiger partial charge < -0.3 is 14.6 Å². The number of hydrogen-bond donors (Lipinski definition) is 1. The summed E-state index contributed by atoms with van der Waals surface area (Å²) in [6.45, 7) is 2.94. The van der Waals surface area contributed by atoms with E-state index in [-0.39, 0.29) is 6.61 Å². The van der Waals surface area contributed by atoms with Crippen molar-refractivity contribution in [2.24, 2.45) is 0 Å². The molecule has 1 aliphatic heterocycles. The molecule has 0 bridgehead atoms. The lowest BCUT2D eigenvalue weighted by Gasteiger charge is -2.18. The Kier molecular flexibility index (Phi) is 2.47. The summed E-state index contributed by atoms with van der Waals surface area (Å²) >= 11 is 0. The molecule has 11 heavy (non-hydrogen) atoms. The fraction of sp³-hybridized carbons (Fsp3) is 1.00. The Morgan fingerprint density at radius 2 is 2.36 bits per heavy atom. The van der Waals surface area contributed by atoms with Crippen LogP contribution in [0, 0.1) is 0 Å². The molecular weight excluding hydrogens is 151 g/mol. The van der Waals surface area contributed by atoms with Crippen molar-refractivity contribution >= 4 is 0 Å². The maximum Gasteiger partial charge on any atom is 0.163 e. The van der Waals surface area contributed by atoms with Crippen molar-refractivity contribution in [2.45, 2.75) is 31.8 Å². The lowest BCUT2D eigenvalue weighted by Crippen LogP contribution is -2.31. The zero-order valence-corrected chi connectivity index (χ0v) is 6.71. The molecule has 0 aromatic carbocycles. The first-order valence-corrected chi connectivity index (χ1v) is 3.61. The Hall–Kier alpha value is -0.190. The summed E-state index contributed by atoms with van der Waals surface area (Å²) in [5.41, 5.74) is 0. The normalized spacial score (nSPS) is 32.2. The highest BCUT2D eigenvalue weighted by molar-refractivity contribution is 4.76. The topological polar surface area (TPSA) is 38.7 Å². The van der Waals surface area contributed by atoms with Crippen molar-refractivity contribution in [3.05, 3.63) is 0 Å². The van der Waals surface area contributed by atoms with E-state index >= 15 is 0 Å². The molecule has 2 unspecified atom stereocenters. The lowest BCUT2D eigenvalue weighted by atomic mass is 10.2. The van der Waals surface area contributed by atoms with Crippen LogP contribution in [0.1, 0.15) is 13.8 Å². The van der Waals surface area contributed by atoms with Crippen LogP contribution in [0.2, 0.25) is 0 Å². The molecule has 0 aromatic heterocycles. The third-order valence-electron chi connectivity index (χ3n) is 1.62. The molecule has 3 nitrogen and oxygen atoms in total. The summed E-state index contributed by atoms with van der Waals surface area (Å²) in [4.78, 5) is 0. The Morgan fingerprint density at radius 3 is 2.73 bits per heavy atom. The molecular formula is C7H13FO3. The Labute approximate surface area is 65.1 Å². The summed E-state index contributed by atoms with van der Waals surface area (Å²) in [6.07, 6.45) is -1.58. The minimum absolute atomic E-state index is 0.262. The molecule has 1 saturated heterocycles. The summed E-state index contributed by atoms with van der Waals surface area (Å²) < 4.78 is 22.2. The summed E-state index contributed by atoms with van der Waals surface area (Å²) in [5.74, 6) is -0.680. The third-order valence-corrected chi connectivity index (χ3v) is 1.62. The van der Waals surface area contributed by atoms with Gasteiger partial charge in [-0.15, -0.1) is 0 Å². The van der Waals surface area contributed by atoms with E-state index < -0.39 is 24.7 Å². The number of alkyl halides is 1. The van der Waals surface area contributed by atoms with E-state index in [0.717, 1.165) is 0 Å². The predicted octanol–water partition coefficient (Wildman–Crippen LogP) is 0.468. The largest absolute Gasteiger partial charge is 0.388 e. The molecule has 0 saturated carbocycles. The van der Waals surface area contributed by atoms with Crippen LogP contribution in [0.25, 0.3) is 0 Å². The quantitative estimate of drug-likeness (QED) is 0.644. The molecule has 2 atom stereocenters. The van der Waals surface area contributed by atoms with Gasteiger partial charge in [-0.1, -0.05) is 0 Å². The minimum Gasteiger partial charge on any atom is -0.388 e. The van der Waals surface area contributed by atoms with E-state index in [9.17, 15) is 4.39 Å². The average molecular weight is 164 g/mol. The van der Waals surface area contributed by atoms with Gasteiger partial charge in [0.05, 0.1) is 6.61 Å². The summed E-state index contributed by atoms with van der Waals surface area (Å²) in [6, 6.07) is 0. The highest BCUT2D eigenvalue weighted by atomic mass is 19.1. The van der Waals surface area contributed by atoms with Gasteiger partial charge in [0.1, 0.15) is 18.9 Å². The lowest BCUT2D eigenvalue weighted by molar-refractivity contribution is -0.152. The Bertz CT molecular complexity index is 138. The fourth-order valence-corrected chi connectivity index (χ4v) is 1.00. The zero-order valence-electron chi connectivity index (χ0n) is 6.71. The molecule has 0 spiro atoms. The van der Waals surface area contributed by atoms with E-state index in [0.29, 0.717) is 0 Å². The Morgan fingerprint density at radius 1 is 1.73 bits per heavy atom. The van der Waals surface area contributed by atoms with Gasteiger partial charge in [-0.2, -0.15) is 0 Å². The summed E-state index contributed by atoms with van der Waals surface area (Å²) in [7, 11) is 0. The van der Waals surface area contributed by atoms with E-state index in [1.54, 1.807) is 13.8 Å². The number of ether oxygens (including phenoxy) is 2. The molecule has 1 heterocycles. The highest BCUT2D eigenvalue weighted by Gasteiger charge is 2.36. The van der Waals surface area contributed by atoms with E-state index in [1.165, 1.54) is 0 Å². The maximum absolute atomic E-state index is 11.9. The van der Waals surface area contributed by atoms with Crippen molar-refractivity contribution in [1.82, 2.24) is 0 Å². The smallest absolute Gasteiger partial charge is 0.163 e. The molecule has 0 aromatic rings. The molecule has 1 aliphatic rings. The number of aliphatic hydroxyl groups is 1. The van der Waals surface area contributed by atoms with Crippen molar-refractivity contribution in [3.63, 3.8) is 0 Å². The van der Waals surface area contributed by atoms with Crippen LogP contribution in [0.15, 0.2) is 0 Å². The number of rotatable bonds is 2. The molecule has 0 radical (unpaired) electrons. The first-order valence-electron chi connectivity index (χ1n) is 3.61. The van der Waals surface area contributed by atoms with Gasteiger partial charge in [0, 0.05) is 0 Å². The molecule has 1 N–H and O–H groups in total. The second-order valence-corrected chi connectivity index (χ2v) is 3.09. The minimum atomic E-state index is -1.06. The number of aliphatic hydroxyl groups excluding tert-OH is 1. The zero-order chi connectivity index (χ0) is 8.48. The van der Waals surface area contributed by atoms with Crippen molar-refractivity contribution in [2.75, 3.05) is 13.3 Å². The Balaban J connectivity index is 2.41. The molecule has 1 rings (SSSR count). The van der Waals surface area contributed by atoms with Gasteiger partial charge in [0.15, 0.2) is 5.79 Å². The first-order chi connectivity index (χ1) is 5.05. The summed E-state index contributed by atoms with van der Waals surface area (Å²) in [5, 5.41) is 9.01. The number of hydrogen-bond acceptors (Lipinski definition) is 3. The van der Waals surface area contributed by atoms with Gasteiger partial charge in [-0.05, 0) is 13.8 Å². The molecule has 66 valence electrons. The predicted molar refractivity (Wildman–Crippen MR) is 36.9 cm³/mol. The highest BCUT2D eigenvalue weighted by Crippen LogP contribution is 2.24.